The first-order chi connectivity index (χ1) is 18.7. The van der Waals surface area contributed by atoms with Crippen LogP contribution in [0.3, 0.4) is 0 Å². The van der Waals surface area contributed by atoms with Crippen LogP contribution in [-0.4, -0.2) is 84.6 Å². The van der Waals surface area contributed by atoms with Gasteiger partial charge in [0.15, 0.2) is 0 Å². The van der Waals surface area contributed by atoms with Crippen molar-refractivity contribution in [2.45, 2.75) is 38.0 Å². The van der Waals surface area contributed by atoms with E-state index < -0.39 is 11.7 Å². The van der Waals surface area contributed by atoms with Crippen LogP contribution < -0.4 is 14.5 Å². The van der Waals surface area contributed by atoms with E-state index in [0.717, 1.165) is 30.8 Å². The Hall–Kier alpha value is -3.05. The quantitative estimate of drug-likeness (QED) is 0.491. The second-order valence-electron chi connectivity index (χ2n) is 10.2. The Balaban J connectivity index is 1.45. The Morgan fingerprint density at radius 3 is 2.59 bits per heavy atom. The minimum Gasteiger partial charge on any atom is -0.462 e. The number of piperazine rings is 1. The number of carbonyl (C=O) groups excluding carboxylic acids is 1. The highest BCUT2D eigenvalue weighted by Gasteiger charge is 2.38. The van der Waals surface area contributed by atoms with Crippen LogP contribution in [0.4, 0.5) is 24.7 Å². The van der Waals surface area contributed by atoms with Crippen LogP contribution in [0.2, 0.25) is 5.02 Å². The molecule has 3 aliphatic heterocycles. The molecule has 0 bridgehead atoms. The maximum absolute atomic E-state index is 13.9. The highest BCUT2D eigenvalue weighted by atomic mass is 35.5. The Bertz CT molecular complexity index is 1230. The van der Waals surface area contributed by atoms with Gasteiger partial charge in [-0.05, 0) is 51.1 Å². The Morgan fingerprint density at radius 2 is 1.92 bits per heavy atom. The number of hydrogen-bond donors (Lipinski definition) is 0. The molecule has 0 unspecified atom stereocenters. The third-order valence-corrected chi connectivity index (χ3v) is 8.10. The van der Waals surface area contributed by atoms with Gasteiger partial charge >= 0.3 is 12.2 Å². The second-order valence-corrected chi connectivity index (χ2v) is 10.6. The summed E-state index contributed by atoms with van der Waals surface area (Å²) in [5.74, 6) is 0.615. The van der Waals surface area contributed by atoms with Crippen molar-refractivity contribution in [3.8, 4) is 6.01 Å². The highest BCUT2D eigenvalue weighted by molar-refractivity contribution is 6.31. The molecule has 2 fully saturated rings. The van der Waals surface area contributed by atoms with Gasteiger partial charge in [-0.3, -0.25) is 4.79 Å². The maximum Gasteiger partial charge on any atom is 0.419 e. The first kappa shape index (κ1) is 27.5. The minimum atomic E-state index is -4.59. The van der Waals surface area contributed by atoms with Gasteiger partial charge in [-0.15, -0.1) is 0 Å². The normalized spacial score (nSPS) is 20.2. The van der Waals surface area contributed by atoms with E-state index in [-0.39, 0.29) is 35.2 Å². The fourth-order valence-electron chi connectivity index (χ4n) is 5.61. The third kappa shape index (κ3) is 5.79. The van der Waals surface area contributed by atoms with Crippen molar-refractivity contribution in [2.24, 2.45) is 0 Å². The van der Waals surface area contributed by atoms with Gasteiger partial charge in [0.25, 0.3) is 0 Å². The number of amides is 1. The fraction of sp³-hybridized carbons (Fsp3) is 0.519. The maximum atomic E-state index is 13.9. The smallest absolute Gasteiger partial charge is 0.419 e. The number of likely N-dealkylation sites (tertiary alicyclic amines) is 1. The second kappa shape index (κ2) is 11.2. The number of carbonyl (C=O) groups is 1. The number of likely N-dealkylation sites (N-methyl/N-ethyl adjacent to an activating group) is 1. The van der Waals surface area contributed by atoms with Crippen molar-refractivity contribution in [3.05, 3.63) is 52.7 Å². The SMILES string of the molecule is C=CC(=O)N1CCN(c2nc(OC[C@H]3CCCN3C)nc3c2CCN(c2cccc(Cl)c2C(F)(F)F)C3)CC1. The third-order valence-electron chi connectivity index (χ3n) is 7.78. The van der Waals surface area contributed by atoms with Crippen molar-refractivity contribution in [1.29, 1.82) is 0 Å². The Kier molecular flexibility index (Phi) is 7.91. The van der Waals surface area contributed by atoms with Gasteiger partial charge in [0.05, 0.1) is 28.5 Å². The predicted molar refractivity (Wildman–Crippen MR) is 143 cm³/mol. The lowest BCUT2D eigenvalue weighted by Crippen LogP contribution is -2.49. The summed E-state index contributed by atoms with van der Waals surface area (Å²) < 4.78 is 47.9. The first-order valence-electron chi connectivity index (χ1n) is 13.2. The Labute approximate surface area is 231 Å². The fourth-order valence-corrected chi connectivity index (χ4v) is 5.88. The summed E-state index contributed by atoms with van der Waals surface area (Å²) >= 11 is 6.01. The molecule has 1 atom stereocenters. The van der Waals surface area contributed by atoms with Gasteiger partial charge in [-0.2, -0.15) is 23.1 Å². The molecule has 39 heavy (non-hydrogen) atoms. The molecule has 0 N–H and O–H groups in total. The van der Waals surface area contributed by atoms with E-state index in [1.807, 2.05) is 0 Å². The van der Waals surface area contributed by atoms with Crippen LogP contribution in [0.15, 0.2) is 30.9 Å². The molecule has 0 radical (unpaired) electrons. The summed E-state index contributed by atoms with van der Waals surface area (Å²) in [7, 11) is 2.06. The average molecular weight is 565 g/mol. The molecule has 0 spiro atoms. The van der Waals surface area contributed by atoms with Crippen LogP contribution in [0.1, 0.15) is 29.7 Å². The van der Waals surface area contributed by atoms with E-state index in [1.165, 1.54) is 24.3 Å². The molecule has 1 aromatic carbocycles. The summed E-state index contributed by atoms with van der Waals surface area (Å²) in [6.07, 6.45) is -0.685. The standard InChI is InChI=1S/C27H32ClF3N6O2/c1-3-23(38)35-12-14-36(15-13-35)25-19-9-11-37(22-8-4-7-20(28)24(22)27(29,30)31)16-21(19)32-26(33-25)39-17-18-6-5-10-34(18)2/h3-4,7-8,18H,1,5-6,9-17H2,2H3/t18-/m1/s1. The van der Waals surface area contributed by atoms with Crippen LogP contribution in [0, 0.1) is 0 Å². The molecule has 1 aromatic heterocycles. The van der Waals surface area contributed by atoms with Gasteiger partial charge in [-0.1, -0.05) is 24.2 Å². The molecule has 2 saturated heterocycles. The molecule has 12 heteroatoms. The van der Waals surface area contributed by atoms with Crippen LogP contribution in [0.5, 0.6) is 6.01 Å². The van der Waals surface area contributed by atoms with Gasteiger partial charge in [0, 0.05) is 44.3 Å². The number of aromatic nitrogens is 2. The molecule has 2 aromatic rings. The monoisotopic (exact) mass is 564 g/mol. The van der Waals surface area contributed by atoms with E-state index >= 15 is 0 Å². The summed E-state index contributed by atoms with van der Waals surface area (Å²) in [6.45, 7) is 7.74. The first-order valence-corrected chi connectivity index (χ1v) is 13.5. The van der Waals surface area contributed by atoms with Crippen LogP contribution in [0.25, 0.3) is 0 Å². The molecule has 1 amide bonds. The van der Waals surface area contributed by atoms with Crippen LogP contribution >= 0.6 is 11.6 Å². The highest BCUT2D eigenvalue weighted by Crippen LogP contribution is 2.42. The lowest BCUT2D eigenvalue weighted by Gasteiger charge is -2.38. The molecular weight excluding hydrogens is 533 g/mol. The van der Waals surface area contributed by atoms with Gasteiger partial charge in [0.1, 0.15) is 12.4 Å². The number of fused-ring (bicyclic) bond motifs is 1. The van der Waals surface area contributed by atoms with E-state index in [0.29, 0.717) is 51.4 Å². The van der Waals surface area contributed by atoms with E-state index in [4.69, 9.17) is 21.3 Å². The van der Waals surface area contributed by atoms with E-state index in [2.05, 4.69) is 28.4 Å². The zero-order valence-electron chi connectivity index (χ0n) is 21.9. The average Bonchev–Trinajstić information content (AvgIpc) is 3.34. The predicted octanol–water partition coefficient (Wildman–Crippen LogP) is 4.02. The zero-order valence-corrected chi connectivity index (χ0v) is 22.6. The van der Waals surface area contributed by atoms with Crippen molar-refractivity contribution in [3.63, 3.8) is 0 Å². The molecule has 0 aliphatic carbocycles. The van der Waals surface area contributed by atoms with Gasteiger partial charge in [0.2, 0.25) is 5.91 Å². The lowest BCUT2D eigenvalue weighted by molar-refractivity contribution is -0.137. The molecular formula is C27H32ClF3N6O2. The van der Waals surface area contributed by atoms with Crippen molar-refractivity contribution >= 4 is 29.0 Å². The molecule has 8 nitrogen and oxygen atoms in total. The van der Waals surface area contributed by atoms with Gasteiger partial charge < -0.3 is 24.3 Å². The molecule has 4 heterocycles. The summed E-state index contributed by atoms with van der Waals surface area (Å²) in [4.78, 5) is 29.3. The topological polar surface area (TPSA) is 65.0 Å². The number of rotatable bonds is 6. The summed E-state index contributed by atoms with van der Waals surface area (Å²) in [6, 6.07) is 4.72. The number of hydrogen-bond acceptors (Lipinski definition) is 7. The minimum absolute atomic E-state index is 0.0346. The number of anilines is 2. The van der Waals surface area contributed by atoms with Crippen LogP contribution in [-0.2, 0) is 23.9 Å². The Morgan fingerprint density at radius 1 is 1.15 bits per heavy atom. The largest absolute Gasteiger partial charge is 0.462 e. The number of benzene rings is 1. The number of alkyl halides is 3. The number of ether oxygens (including phenoxy) is 1. The van der Waals surface area contributed by atoms with Crippen molar-refractivity contribution in [1.82, 2.24) is 19.8 Å². The summed E-state index contributed by atoms with van der Waals surface area (Å²) in [5.41, 5.74) is 0.731. The lowest BCUT2D eigenvalue weighted by atomic mass is 10.0. The van der Waals surface area contributed by atoms with Crippen molar-refractivity contribution < 1.29 is 22.7 Å². The molecule has 3 aliphatic rings. The molecule has 5 rings (SSSR count). The van der Waals surface area contributed by atoms with E-state index in [9.17, 15) is 18.0 Å². The molecule has 210 valence electrons. The number of nitrogens with zero attached hydrogens (tertiary/aromatic N) is 6. The number of halogens is 4. The van der Waals surface area contributed by atoms with E-state index in [1.54, 1.807) is 9.80 Å². The zero-order chi connectivity index (χ0) is 27.7. The molecule has 0 saturated carbocycles. The summed E-state index contributed by atoms with van der Waals surface area (Å²) in [5, 5.41) is -0.328. The van der Waals surface area contributed by atoms with Gasteiger partial charge in [-0.25, -0.2) is 0 Å². The van der Waals surface area contributed by atoms with Crippen molar-refractivity contribution in [2.75, 3.05) is 62.7 Å².